The highest BCUT2D eigenvalue weighted by molar-refractivity contribution is 5.85. The standard InChI is InChI=1S/C16H24N4O.ClH/c1-4-11(2)15(17)16(21)18-9-10-20-12(3)19-13-7-5-6-8-14(13)20;/h5-8,11,15H,4,9-10,17H2,1-3H3,(H,18,21);1H. The van der Waals surface area contributed by atoms with E-state index in [1.54, 1.807) is 0 Å². The van der Waals surface area contributed by atoms with E-state index >= 15 is 0 Å². The number of fused-ring (bicyclic) bond motifs is 1. The molecular formula is C16H25ClN4O. The minimum Gasteiger partial charge on any atom is -0.353 e. The third kappa shape index (κ3) is 3.99. The molecule has 0 saturated carbocycles. The van der Waals surface area contributed by atoms with Crippen molar-refractivity contribution in [1.82, 2.24) is 14.9 Å². The molecule has 0 aliphatic carbocycles. The van der Waals surface area contributed by atoms with Crippen LogP contribution in [-0.2, 0) is 11.3 Å². The van der Waals surface area contributed by atoms with E-state index in [0.717, 1.165) is 23.3 Å². The second-order valence-electron chi connectivity index (χ2n) is 5.50. The molecule has 0 aliphatic heterocycles. The Labute approximate surface area is 137 Å². The highest BCUT2D eigenvalue weighted by Gasteiger charge is 2.18. The zero-order valence-electron chi connectivity index (χ0n) is 13.4. The van der Waals surface area contributed by atoms with Crippen molar-refractivity contribution >= 4 is 29.3 Å². The summed E-state index contributed by atoms with van der Waals surface area (Å²) in [7, 11) is 0. The van der Waals surface area contributed by atoms with Gasteiger partial charge in [0, 0.05) is 13.1 Å². The highest BCUT2D eigenvalue weighted by Crippen LogP contribution is 2.14. The van der Waals surface area contributed by atoms with Crippen LogP contribution in [0.3, 0.4) is 0 Å². The number of rotatable bonds is 6. The third-order valence-electron chi connectivity index (χ3n) is 4.04. The summed E-state index contributed by atoms with van der Waals surface area (Å²) in [6.45, 7) is 7.28. The van der Waals surface area contributed by atoms with Gasteiger partial charge in [0.1, 0.15) is 5.82 Å². The van der Waals surface area contributed by atoms with E-state index < -0.39 is 6.04 Å². The van der Waals surface area contributed by atoms with Crippen molar-refractivity contribution in [2.24, 2.45) is 11.7 Å². The maximum Gasteiger partial charge on any atom is 0.237 e. The Morgan fingerprint density at radius 1 is 1.41 bits per heavy atom. The zero-order valence-corrected chi connectivity index (χ0v) is 14.2. The molecule has 1 aromatic heterocycles. The number of nitrogens with two attached hydrogens (primary N) is 1. The van der Waals surface area contributed by atoms with Gasteiger partial charge >= 0.3 is 0 Å². The topological polar surface area (TPSA) is 72.9 Å². The van der Waals surface area contributed by atoms with Crippen molar-refractivity contribution in [2.75, 3.05) is 6.54 Å². The molecule has 22 heavy (non-hydrogen) atoms. The maximum atomic E-state index is 12.0. The van der Waals surface area contributed by atoms with Crippen LogP contribution >= 0.6 is 12.4 Å². The molecule has 3 N–H and O–H groups in total. The quantitative estimate of drug-likeness (QED) is 0.856. The number of benzene rings is 1. The molecule has 2 rings (SSSR count). The fraction of sp³-hybridized carbons (Fsp3) is 0.500. The number of hydrogen-bond donors (Lipinski definition) is 2. The van der Waals surface area contributed by atoms with Crippen molar-refractivity contribution in [3.63, 3.8) is 0 Å². The smallest absolute Gasteiger partial charge is 0.237 e. The number of hydrogen-bond acceptors (Lipinski definition) is 3. The maximum absolute atomic E-state index is 12.0. The lowest BCUT2D eigenvalue weighted by molar-refractivity contribution is -0.123. The lowest BCUT2D eigenvalue weighted by atomic mass is 9.99. The normalized spacial score (nSPS) is 13.5. The van der Waals surface area contributed by atoms with Crippen molar-refractivity contribution in [3.8, 4) is 0 Å². The highest BCUT2D eigenvalue weighted by atomic mass is 35.5. The van der Waals surface area contributed by atoms with Gasteiger partial charge in [-0.1, -0.05) is 32.4 Å². The fourth-order valence-electron chi connectivity index (χ4n) is 2.40. The molecule has 1 aromatic carbocycles. The molecule has 0 fully saturated rings. The summed E-state index contributed by atoms with van der Waals surface area (Å²) in [6.07, 6.45) is 0.903. The van der Waals surface area contributed by atoms with Crippen molar-refractivity contribution in [2.45, 2.75) is 39.8 Å². The van der Waals surface area contributed by atoms with Gasteiger partial charge in [-0.2, -0.15) is 0 Å². The van der Waals surface area contributed by atoms with E-state index in [1.165, 1.54) is 0 Å². The Morgan fingerprint density at radius 2 is 2.09 bits per heavy atom. The van der Waals surface area contributed by atoms with E-state index in [1.807, 2.05) is 45.0 Å². The van der Waals surface area contributed by atoms with Crippen LogP contribution in [-0.4, -0.2) is 28.0 Å². The van der Waals surface area contributed by atoms with Gasteiger partial charge < -0.3 is 15.6 Å². The minimum absolute atomic E-state index is 0. The molecule has 1 amide bonds. The van der Waals surface area contributed by atoms with E-state index in [0.29, 0.717) is 13.1 Å². The molecule has 0 spiro atoms. The Morgan fingerprint density at radius 3 is 2.77 bits per heavy atom. The third-order valence-corrected chi connectivity index (χ3v) is 4.04. The molecule has 5 nitrogen and oxygen atoms in total. The number of aromatic nitrogens is 2. The molecule has 0 aliphatic rings. The number of nitrogens with zero attached hydrogens (tertiary/aromatic N) is 2. The first-order chi connectivity index (χ1) is 10.0. The van der Waals surface area contributed by atoms with Gasteiger partial charge in [-0.3, -0.25) is 4.79 Å². The van der Waals surface area contributed by atoms with Gasteiger partial charge in [-0.05, 0) is 25.0 Å². The Balaban J connectivity index is 0.00000242. The van der Waals surface area contributed by atoms with Crippen LogP contribution in [0.25, 0.3) is 11.0 Å². The van der Waals surface area contributed by atoms with Crippen molar-refractivity contribution < 1.29 is 4.79 Å². The number of amides is 1. The molecule has 0 bridgehead atoms. The average molecular weight is 325 g/mol. The molecule has 2 unspecified atom stereocenters. The van der Waals surface area contributed by atoms with Gasteiger partial charge in [-0.15, -0.1) is 12.4 Å². The summed E-state index contributed by atoms with van der Waals surface area (Å²) in [5, 5.41) is 2.92. The fourth-order valence-corrected chi connectivity index (χ4v) is 2.40. The number of carbonyl (C=O) groups is 1. The second kappa shape index (κ2) is 8.15. The van der Waals surface area contributed by atoms with E-state index in [4.69, 9.17) is 5.73 Å². The summed E-state index contributed by atoms with van der Waals surface area (Å²) in [4.78, 5) is 16.5. The SMILES string of the molecule is CCC(C)C(N)C(=O)NCCn1c(C)nc2ccccc21.Cl. The van der Waals surface area contributed by atoms with Gasteiger partial charge in [-0.25, -0.2) is 4.98 Å². The summed E-state index contributed by atoms with van der Waals surface area (Å²) in [5.74, 6) is 1.07. The van der Waals surface area contributed by atoms with Gasteiger partial charge in [0.25, 0.3) is 0 Å². The van der Waals surface area contributed by atoms with Crippen LogP contribution < -0.4 is 11.1 Å². The number of halogens is 1. The summed E-state index contributed by atoms with van der Waals surface area (Å²) in [5.41, 5.74) is 8.00. The van der Waals surface area contributed by atoms with Gasteiger partial charge in [0.15, 0.2) is 0 Å². The van der Waals surface area contributed by atoms with Crippen LogP contribution in [0, 0.1) is 12.8 Å². The average Bonchev–Trinajstić information content (AvgIpc) is 2.81. The Bertz CT molecular complexity index is 626. The molecule has 0 radical (unpaired) electrons. The minimum atomic E-state index is -0.435. The number of nitrogens with one attached hydrogen (secondary N) is 1. The molecular weight excluding hydrogens is 300 g/mol. The lowest BCUT2D eigenvalue weighted by Crippen LogP contribution is -2.45. The first-order valence-corrected chi connectivity index (χ1v) is 7.49. The first-order valence-electron chi connectivity index (χ1n) is 7.49. The molecule has 2 aromatic rings. The summed E-state index contributed by atoms with van der Waals surface area (Å²) in [6, 6.07) is 7.58. The second-order valence-corrected chi connectivity index (χ2v) is 5.50. The van der Waals surface area contributed by atoms with Crippen LogP contribution in [0.15, 0.2) is 24.3 Å². The van der Waals surface area contributed by atoms with Crippen molar-refractivity contribution in [3.05, 3.63) is 30.1 Å². The monoisotopic (exact) mass is 324 g/mol. The van der Waals surface area contributed by atoms with Gasteiger partial charge in [0.2, 0.25) is 5.91 Å². The van der Waals surface area contributed by atoms with Crippen LogP contribution in [0.1, 0.15) is 26.1 Å². The number of imidazole rings is 1. The zero-order chi connectivity index (χ0) is 15.4. The predicted octanol–water partition coefficient (Wildman–Crippen LogP) is 2.26. The van der Waals surface area contributed by atoms with E-state index in [-0.39, 0.29) is 24.2 Å². The number of carbonyl (C=O) groups excluding carboxylic acids is 1. The Hall–Kier alpha value is -1.59. The van der Waals surface area contributed by atoms with E-state index in [2.05, 4.69) is 14.9 Å². The Kier molecular flexibility index (Phi) is 6.84. The van der Waals surface area contributed by atoms with Gasteiger partial charge in [0.05, 0.1) is 17.1 Å². The number of aryl methyl sites for hydroxylation is 1. The number of para-hydroxylation sites is 2. The molecule has 122 valence electrons. The predicted molar refractivity (Wildman–Crippen MR) is 92.2 cm³/mol. The summed E-state index contributed by atoms with van der Waals surface area (Å²) >= 11 is 0. The largest absolute Gasteiger partial charge is 0.353 e. The molecule has 1 heterocycles. The van der Waals surface area contributed by atoms with Crippen LogP contribution in [0.4, 0.5) is 0 Å². The molecule has 2 atom stereocenters. The molecule has 0 saturated heterocycles. The lowest BCUT2D eigenvalue weighted by Gasteiger charge is -2.18. The van der Waals surface area contributed by atoms with Crippen LogP contribution in [0.5, 0.6) is 0 Å². The van der Waals surface area contributed by atoms with Crippen LogP contribution in [0.2, 0.25) is 0 Å². The molecule has 6 heteroatoms. The van der Waals surface area contributed by atoms with Crippen molar-refractivity contribution in [1.29, 1.82) is 0 Å². The summed E-state index contributed by atoms with van der Waals surface area (Å²) < 4.78 is 2.12. The van der Waals surface area contributed by atoms with E-state index in [9.17, 15) is 4.79 Å². The first kappa shape index (κ1) is 18.5.